The van der Waals surface area contributed by atoms with E-state index in [1.807, 2.05) is 13.0 Å². The Morgan fingerprint density at radius 3 is 2.83 bits per heavy atom. The second-order valence-electron chi connectivity index (χ2n) is 1.18. The lowest BCUT2D eigenvalue weighted by atomic mass is 10.5. The van der Waals surface area contributed by atoms with Crippen LogP contribution in [0.4, 0.5) is 0 Å². The Morgan fingerprint density at radius 2 is 2.67 bits per heavy atom. The van der Waals surface area contributed by atoms with Gasteiger partial charge in [-0.15, -0.1) is 0 Å². The summed E-state index contributed by atoms with van der Waals surface area (Å²) in [7, 11) is 0. The molecule has 6 heavy (non-hydrogen) atoms. The van der Waals surface area contributed by atoms with E-state index in [4.69, 9.17) is 0 Å². The molecule has 0 aromatic heterocycles. The third-order valence-corrected chi connectivity index (χ3v) is 0.629. The Morgan fingerprint density at radius 1 is 1.83 bits per heavy atom. The van der Waals surface area contributed by atoms with Crippen LogP contribution in [0.15, 0.2) is 11.8 Å². The molecular formula is C4H6O2. The number of rotatable bonds is 0. The van der Waals surface area contributed by atoms with Crippen LogP contribution in [0.3, 0.4) is 0 Å². The second kappa shape index (κ2) is 1.30. The highest BCUT2D eigenvalue weighted by molar-refractivity contribution is 4.89. The normalized spacial score (nSPS) is 19.8. The van der Waals surface area contributed by atoms with Gasteiger partial charge in [0, 0.05) is 0 Å². The SMILES string of the molecule is CC1=CCOO1. The quantitative estimate of drug-likeness (QED) is 0.407. The van der Waals surface area contributed by atoms with Crippen LogP contribution in [-0.2, 0) is 9.78 Å². The largest absolute Gasteiger partial charge is 0.342 e. The van der Waals surface area contributed by atoms with Crippen molar-refractivity contribution in [1.82, 2.24) is 0 Å². The number of hydrogen-bond acceptors (Lipinski definition) is 2. The fourth-order valence-electron chi connectivity index (χ4n) is 0.312. The molecule has 0 atom stereocenters. The third-order valence-electron chi connectivity index (χ3n) is 0.629. The fourth-order valence-corrected chi connectivity index (χ4v) is 0.312. The first-order valence-electron chi connectivity index (χ1n) is 1.86. The van der Waals surface area contributed by atoms with Gasteiger partial charge >= 0.3 is 0 Å². The Kier molecular flexibility index (Phi) is 0.801. The topological polar surface area (TPSA) is 18.5 Å². The summed E-state index contributed by atoms with van der Waals surface area (Å²) >= 11 is 0. The van der Waals surface area contributed by atoms with Crippen molar-refractivity contribution < 1.29 is 9.78 Å². The molecule has 1 heterocycles. The summed E-state index contributed by atoms with van der Waals surface area (Å²) in [6.45, 7) is 2.46. The summed E-state index contributed by atoms with van der Waals surface area (Å²) in [4.78, 5) is 8.98. The Balaban J connectivity index is 2.45. The molecule has 1 aliphatic rings. The zero-order valence-electron chi connectivity index (χ0n) is 3.60. The van der Waals surface area contributed by atoms with E-state index in [-0.39, 0.29) is 0 Å². The molecule has 1 rings (SSSR count). The molecule has 0 radical (unpaired) electrons. The smallest absolute Gasteiger partial charge is 0.137 e. The van der Waals surface area contributed by atoms with E-state index in [1.165, 1.54) is 0 Å². The Hall–Kier alpha value is -0.500. The standard InChI is InChI=1S/C4H6O2/c1-4-2-3-5-6-4/h2H,3H2,1H3. The highest BCUT2D eigenvalue weighted by atomic mass is 17.2. The number of allylic oxidation sites excluding steroid dienone is 1. The van der Waals surface area contributed by atoms with Crippen LogP contribution < -0.4 is 0 Å². The van der Waals surface area contributed by atoms with Gasteiger partial charge in [0.25, 0.3) is 0 Å². The molecule has 0 amide bonds. The molecule has 0 spiro atoms. The minimum absolute atomic E-state index is 0.603. The van der Waals surface area contributed by atoms with E-state index >= 15 is 0 Å². The molecule has 1 aliphatic heterocycles. The molecule has 0 fully saturated rings. The van der Waals surface area contributed by atoms with Crippen molar-refractivity contribution >= 4 is 0 Å². The van der Waals surface area contributed by atoms with Gasteiger partial charge in [0.1, 0.15) is 12.4 Å². The summed E-state index contributed by atoms with van der Waals surface area (Å²) in [5.41, 5.74) is 0. The molecule has 0 aromatic rings. The fraction of sp³-hybridized carbons (Fsp3) is 0.500. The van der Waals surface area contributed by atoms with Gasteiger partial charge in [-0.1, -0.05) is 0 Å². The van der Waals surface area contributed by atoms with Crippen LogP contribution >= 0.6 is 0 Å². The zero-order chi connectivity index (χ0) is 4.41. The lowest BCUT2D eigenvalue weighted by molar-refractivity contribution is -0.233. The van der Waals surface area contributed by atoms with Crippen molar-refractivity contribution in [2.45, 2.75) is 6.92 Å². The van der Waals surface area contributed by atoms with Gasteiger partial charge < -0.3 is 4.89 Å². The molecule has 0 aromatic carbocycles. The number of hydrogen-bond donors (Lipinski definition) is 0. The van der Waals surface area contributed by atoms with E-state index < -0.39 is 0 Å². The van der Waals surface area contributed by atoms with Gasteiger partial charge in [-0.05, 0) is 13.0 Å². The van der Waals surface area contributed by atoms with Gasteiger partial charge in [-0.2, -0.15) is 4.89 Å². The zero-order valence-corrected chi connectivity index (χ0v) is 3.60. The summed E-state index contributed by atoms with van der Waals surface area (Å²) in [6.07, 6.45) is 1.88. The molecule has 0 saturated carbocycles. The molecular weight excluding hydrogens is 80.0 g/mol. The molecule has 34 valence electrons. The van der Waals surface area contributed by atoms with Crippen molar-refractivity contribution in [3.8, 4) is 0 Å². The predicted molar refractivity (Wildman–Crippen MR) is 20.8 cm³/mol. The highest BCUT2D eigenvalue weighted by Crippen LogP contribution is 2.02. The first kappa shape index (κ1) is 3.68. The van der Waals surface area contributed by atoms with Crippen molar-refractivity contribution in [3.63, 3.8) is 0 Å². The average molecular weight is 86.1 g/mol. The Labute approximate surface area is 36.3 Å². The lowest BCUT2D eigenvalue weighted by Crippen LogP contribution is -1.76. The van der Waals surface area contributed by atoms with Crippen LogP contribution in [0, 0.1) is 0 Å². The predicted octanol–water partition coefficient (Wildman–Crippen LogP) is 0.852. The van der Waals surface area contributed by atoms with Crippen LogP contribution in [-0.4, -0.2) is 6.61 Å². The summed E-state index contributed by atoms with van der Waals surface area (Å²) in [5, 5.41) is 0. The van der Waals surface area contributed by atoms with Crippen molar-refractivity contribution in [3.05, 3.63) is 11.8 Å². The second-order valence-corrected chi connectivity index (χ2v) is 1.18. The summed E-state index contributed by atoms with van der Waals surface area (Å²) < 4.78 is 0. The first-order chi connectivity index (χ1) is 2.89. The maximum Gasteiger partial charge on any atom is 0.137 e. The maximum atomic E-state index is 4.51. The summed E-state index contributed by atoms with van der Waals surface area (Å²) in [5.74, 6) is 0.856. The van der Waals surface area contributed by atoms with Crippen LogP contribution in [0.5, 0.6) is 0 Å². The minimum Gasteiger partial charge on any atom is -0.342 e. The molecule has 0 bridgehead atoms. The van der Waals surface area contributed by atoms with Crippen molar-refractivity contribution in [2.24, 2.45) is 0 Å². The summed E-state index contributed by atoms with van der Waals surface area (Å²) in [6, 6.07) is 0. The van der Waals surface area contributed by atoms with Crippen molar-refractivity contribution in [1.29, 1.82) is 0 Å². The van der Waals surface area contributed by atoms with Gasteiger partial charge in [-0.25, -0.2) is 0 Å². The van der Waals surface area contributed by atoms with E-state index in [1.54, 1.807) is 0 Å². The van der Waals surface area contributed by atoms with Crippen LogP contribution in [0.25, 0.3) is 0 Å². The van der Waals surface area contributed by atoms with Crippen LogP contribution in [0.1, 0.15) is 6.92 Å². The van der Waals surface area contributed by atoms with E-state index in [0.717, 1.165) is 5.76 Å². The molecule has 2 heteroatoms. The molecule has 0 aliphatic carbocycles. The van der Waals surface area contributed by atoms with Crippen LogP contribution in [0.2, 0.25) is 0 Å². The highest BCUT2D eigenvalue weighted by Gasteiger charge is 1.96. The Bertz CT molecular complexity index is 75.6. The molecule has 2 nitrogen and oxygen atoms in total. The third kappa shape index (κ3) is 0.518. The maximum absolute atomic E-state index is 4.51. The van der Waals surface area contributed by atoms with Crippen molar-refractivity contribution in [2.75, 3.05) is 6.61 Å². The lowest BCUT2D eigenvalue weighted by Gasteiger charge is -1.87. The van der Waals surface area contributed by atoms with Gasteiger partial charge in [0.2, 0.25) is 0 Å². The monoisotopic (exact) mass is 86.0 g/mol. The van der Waals surface area contributed by atoms with E-state index in [0.29, 0.717) is 6.61 Å². The molecule has 0 saturated heterocycles. The van der Waals surface area contributed by atoms with E-state index in [9.17, 15) is 0 Å². The average Bonchev–Trinajstić information content (AvgIpc) is 1.86. The molecule has 0 unspecified atom stereocenters. The molecule has 0 N–H and O–H groups in total. The minimum atomic E-state index is 0.603. The van der Waals surface area contributed by atoms with E-state index in [2.05, 4.69) is 9.78 Å². The first-order valence-corrected chi connectivity index (χ1v) is 1.86. The van der Waals surface area contributed by atoms with Gasteiger partial charge in [-0.3, -0.25) is 0 Å². The van der Waals surface area contributed by atoms with Gasteiger partial charge in [0.05, 0.1) is 0 Å². The van der Waals surface area contributed by atoms with Gasteiger partial charge in [0.15, 0.2) is 0 Å².